The van der Waals surface area contributed by atoms with E-state index < -0.39 is 0 Å². The number of furan rings is 1. The Labute approximate surface area is 202 Å². The van der Waals surface area contributed by atoms with Crippen molar-refractivity contribution in [1.29, 1.82) is 5.26 Å². The molecular formula is C33H19NO. The summed E-state index contributed by atoms with van der Waals surface area (Å²) in [6.07, 6.45) is 0. The molecule has 7 aromatic rings. The Hall–Kier alpha value is -4.87. The van der Waals surface area contributed by atoms with Crippen LogP contribution < -0.4 is 0 Å². The standard InChI is InChI=1S/C33H19NO/c34-20-21-9-11-22(12-10-21)23-13-15-24(16-14-23)29-18-27-7-3-4-8-28(27)32-30-17-25-5-1-2-6-26(25)19-31(30)35-33(29)32/h1-19H. The first-order valence-electron chi connectivity index (χ1n) is 11.7. The molecule has 162 valence electrons. The fourth-order valence-corrected chi connectivity index (χ4v) is 5.11. The van der Waals surface area contributed by atoms with E-state index in [1.54, 1.807) is 0 Å². The van der Waals surface area contributed by atoms with E-state index in [0.29, 0.717) is 5.56 Å². The van der Waals surface area contributed by atoms with E-state index >= 15 is 0 Å². The van der Waals surface area contributed by atoms with Crippen LogP contribution in [0, 0.1) is 11.3 Å². The molecule has 0 saturated heterocycles. The minimum atomic E-state index is 0.668. The van der Waals surface area contributed by atoms with Crippen LogP contribution >= 0.6 is 0 Å². The van der Waals surface area contributed by atoms with Gasteiger partial charge in [0.15, 0.2) is 0 Å². The summed E-state index contributed by atoms with van der Waals surface area (Å²) in [5.74, 6) is 0. The Kier molecular flexibility index (Phi) is 4.24. The summed E-state index contributed by atoms with van der Waals surface area (Å²) >= 11 is 0. The maximum absolute atomic E-state index is 9.07. The lowest BCUT2D eigenvalue weighted by atomic mass is 9.94. The zero-order chi connectivity index (χ0) is 23.4. The molecule has 1 aromatic heterocycles. The zero-order valence-electron chi connectivity index (χ0n) is 18.8. The Balaban J connectivity index is 1.47. The van der Waals surface area contributed by atoms with Crippen LogP contribution in [0.5, 0.6) is 0 Å². The zero-order valence-corrected chi connectivity index (χ0v) is 18.8. The topological polar surface area (TPSA) is 36.9 Å². The molecule has 0 bridgehead atoms. The van der Waals surface area contributed by atoms with Gasteiger partial charge in [-0.3, -0.25) is 0 Å². The first-order valence-corrected chi connectivity index (χ1v) is 11.7. The SMILES string of the molecule is N#Cc1ccc(-c2ccc(-c3cc4ccccc4c4c3oc3cc5ccccc5cc34)cc2)cc1. The molecule has 7 rings (SSSR count). The Morgan fingerprint density at radius 3 is 1.86 bits per heavy atom. The summed E-state index contributed by atoms with van der Waals surface area (Å²) in [5, 5.41) is 16.2. The van der Waals surface area contributed by atoms with Crippen molar-refractivity contribution in [1.82, 2.24) is 0 Å². The molecule has 0 aliphatic heterocycles. The van der Waals surface area contributed by atoms with Gasteiger partial charge >= 0.3 is 0 Å². The molecule has 0 radical (unpaired) electrons. The maximum atomic E-state index is 9.07. The highest BCUT2D eigenvalue weighted by Gasteiger charge is 2.17. The molecule has 0 saturated carbocycles. The number of fused-ring (bicyclic) bond motifs is 6. The van der Waals surface area contributed by atoms with Crippen LogP contribution in [-0.4, -0.2) is 0 Å². The van der Waals surface area contributed by atoms with Crippen molar-refractivity contribution < 1.29 is 4.42 Å². The molecule has 0 amide bonds. The molecule has 0 aliphatic carbocycles. The average molecular weight is 446 g/mol. The number of nitrogens with zero attached hydrogens (tertiary/aromatic N) is 1. The Morgan fingerprint density at radius 2 is 1.14 bits per heavy atom. The van der Waals surface area contributed by atoms with E-state index in [1.165, 1.54) is 21.5 Å². The minimum absolute atomic E-state index is 0.668. The molecule has 2 heteroatoms. The second-order valence-corrected chi connectivity index (χ2v) is 8.91. The predicted octanol–water partition coefficient (Wildman–Crippen LogP) is 9.10. The van der Waals surface area contributed by atoms with Crippen LogP contribution in [0.25, 0.3) is 65.7 Å². The van der Waals surface area contributed by atoms with Gasteiger partial charge in [0.2, 0.25) is 0 Å². The highest BCUT2D eigenvalue weighted by Crippen LogP contribution is 2.42. The lowest BCUT2D eigenvalue weighted by Gasteiger charge is -2.08. The molecule has 6 aromatic carbocycles. The van der Waals surface area contributed by atoms with Crippen molar-refractivity contribution in [2.45, 2.75) is 0 Å². The summed E-state index contributed by atoms with van der Waals surface area (Å²) in [6.45, 7) is 0. The summed E-state index contributed by atoms with van der Waals surface area (Å²) in [5.41, 5.74) is 6.90. The molecule has 0 N–H and O–H groups in total. The molecule has 0 spiro atoms. The third kappa shape index (κ3) is 3.10. The van der Waals surface area contributed by atoms with Gasteiger partial charge in [0.25, 0.3) is 0 Å². The molecule has 35 heavy (non-hydrogen) atoms. The van der Waals surface area contributed by atoms with Gasteiger partial charge in [-0.05, 0) is 68.6 Å². The Bertz CT molecular complexity index is 1940. The number of benzene rings is 6. The molecule has 0 aliphatic rings. The molecular weight excluding hydrogens is 426 g/mol. The minimum Gasteiger partial charge on any atom is -0.455 e. The van der Waals surface area contributed by atoms with E-state index in [1.807, 2.05) is 24.3 Å². The smallest absolute Gasteiger partial charge is 0.143 e. The summed E-state index contributed by atoms with van der Waals surface area (Å²) in [4.78, 5) is 0. The van der Waals surface area contributed by atoms with Crippen LogP contribution in [0.4, 0.5) is 0 Å². The van der Waals surface area contributed by atoms with Crippen LogP contribution in [0.3, 0.4) is 0 Å². The first kappa shape index (κ1) is 19.6. The van der Waals surface area contributed by atoms with Crippen LogP contribution in [-0.2, 0) is 0 Å². The average Bonchev–Trinajstić information content (AvgIpc) is 3.30. The van der Waals surface area contributed by atoms with E-state index in [-0.39, 0.29) is 0 Å². The van der Waals surface area contributed by atoms with Crippen molar-refractivity contribution in [3.05, 3.63) is 121 Å². The van der Waals surface area contributed by atoms with Gasteiger partial charge in [-0.25, -0.2) is 0 Å². The highest BCUT2D eigenvalue weighted by molar-refractivity contribution is 6.24. The number of rotatable bonds is 2. The van der Waals surface area contributed by atoms with Gasteiger partial charge in [0.05, 0.1) is 11.6 Å². The number of nitriles is 1. The van der Waals surface area contributed by atoms with Gasteiger partial charge < -0.3 is 4.42 Å². The van der Waals surface area contributed by atoms with Crippen molar-refractivity contribution >= 4 is 43.5 Å². The lowest BCUT2D eigenvalue weighted by molar-refractivity contribution is 0.671. The van der Waals surface area contributed by atoms with Gasteiger partial charge in [0, 0.05) is 16.3 Å². The predicted molar refractivity (Wildman–Crippen MR) is 144 cm³/mol. The Morgan fingerprint density at radius 1 is 0.543 bits per heavy atom. The fraction of sp³-hybridized carbons (Fsp3) is 0. The van der Waals surface area contributed by atoms with E-state index in [0.717, 1.165) is 44.2 Å². The van der Waals surface area contributed by atoms with Gasteiger partial charge in [-0.1, -0.05) is 84.9 Å². The highest BCUT2D eigenvalue weighted by atomic mass is 16.3. The second-order valence-electron chi connectivity index (χ2n) is 8.91. The normalized spacial score (nSPS) is 11.4. The van der Waals surface area contributed by atoms with Gasteiger partial charge in [-0.15, -0.1) is 0 Å². The fourth-order valence-electron chi connectivity index (χ4n) is 5.11. The number of hydrogen-bond acceptors (Lipinski definition) is 2. The summed E-state index contributed by atoms with van der Waals surface area (Å²) in [6, 6.07) is 42.0. The second kappa shape index (κ2) is 7.58. The number of hydrogen-bond donors (Lipinski definition) is 0. The summed E-state index contributed by atoms with van der Waals surface area (Å²) < 4.78 is 6.56. The maximum Gasteiger partial charge on any atom is 0.143 e. The van der Waals surface area contributed by atoms with Gasteiger partial charge in [-0.2, -0.15) is 5.26 Å². The van der Waals surface area contributed by atoms with Crippen molar-refractivity contribution in [3.8, 4) is 28.3 Å². The van der Waals surface area contributed by atoms with E-state index in [4.69, 9.17) is 9.68 Å². The lowest BCUT2D eigenvalue weighted by Crippen LogP contribution is -1.84. The first-order chi connectivity index (χ1) is 17.3. The van der Waals surface area contributed by atoms with Crippen molar-refractivity contribution in [2.24, 2.45) is 0 Å². The molecule has 1 heterocycles. The summed E-state index contributed by atoms with van der Waals surface area (Å²) in [7, 11) is 0. The van der Waals surface area contributed by atoms with Crippen molar-refractivity contribution in [3.63, 3.8) is 0 Å². The van der Waals surface area contributed by atoms with E-state index in [2.05, 4.69) is 97.1 Å². The third-order valence-electron chi connectivity index (χ3n) is 6.87. The van der Waals surface area contributed by atoms with Gasteiger partial charge in [0.1, 0.15) is 11.2 Å². The van der Waals surface area contributed by atoms with Crippen LogP contribution in [0.2, 0.25) is 0 Å². The molecule has 2 nitrogen and oxygen atoms in total. The van der Waals surface area contributed by atoms with Crippen LogP contribution in [0.1, 0.15) is 5.56 Å². The van der Waals surface area contributed by atoms with Crippen molar-refractivity contribution in [2.75, 3.05) is 0 Å². The van der Waals surface area contributed by atoms with E-state index in [9.17, 15) is 0 Å². The quantitative estimate of drug-likeness (QED) is 0.266. The molecule has 0 unspecified atom stereocenters. The molecule has 0 atom stereocenters. The van der Waals surface area contributed by atoms with Crippen LogP contribution in [0.15, 0.2) is 120 Å². The monoisotopic (exact) mass is 445 g/mol. The third-order valence-corrected chi connectivity index (χ3v) is 6.87. The molecule has 0 fully saturated rings. The largest absolute Gasteiger partial charge is 0.455 e.